The van der Waals surface area contributed by atoms with Crippen molar-refractivity contribution < 1.29 is 32.7 Å². The number of fused-ring (bicyclic) bond motifs is 1. The molecule has 1 fully saturated rings. The number of nitrogens with zero attached hydrogens (tertiary/aromatic N) is 2. The first-order valence-corrected chi connectivity index (χ1v) is 15.7. The van der Waals surface area contributed by atoms with Crippen LogP contribution in [0.15, 0.2) is 60.7 Å². The van der Waals surface area contributed by atoms with Crippen molar-refractivity contribution >= 4 is 44.5 Å². The summed E-state index contributed by atoms with van der Waals surface area (Å²) in [7, 11) is 0. The number of hydrogen-bond acceptors (Lipinski definition) is 6. The Bertz CT molecular complexity index is 1770. The Balaban J connectivity index is 1.39. The number of amides is 2. The van der Waals surface area contributed by atoms with E-state index in [0.717, 1.165) is 47.4 Å². The molecule has 0 saturated heterocycles. The number of alkyl halides is 3. The molecule has 1 aliphatic carbocycles. The molecule has 4 aromatic rings. The van der Waals surface area contributed by atoms with Crippen molar-refractivity contribution in [1.82, 2.24) is 10.3 Å². The van der Waals surface area contributed by atoms with Crippen molar-refractivity contribution in [2.45, 2.75) is 63.0 Å². The lowest BCUT2D eigenvalue weighted by Crippen LogP contribution is -2.26. The van der Waals surface area contributed by atoms with Gasteiger partial charge in [-0.2, -0.15) is 18.4 Å². The molecule has 0 bridgehead atoms. The first-order chi connectivity index (χ1) is 22.0. The summed E-state index contributed by atoms with van der Waals surface area (Å²) in [5.74, 6) is -2.05. The first kappa shape index (κ1) is 32.6. The topological polar surface area (TPSA) is 132 Å². The van der Waals surface area contributed by atoms with E-state index in [1.807, 2.05) is 12.1 Å². The van der Waals surface area contributed by atoms with Gasteiger partial charge < -0.3 is 15.7 Å². The first-order valence-electron chi connectivity index (χ1n) is 14.9. The molecule has 1 saturated carbocycles. The zero-order valence-corrected chi connectivity index (χ0v) is 25.5. The predicted octanol–water partition coefficient (Wildman–Crippen LogP) is 7.40. The largest absolute Gasteiger partial charge is 0.481 e. The number of thiazole rings is 1. The quantitative estimate of drug-likeness (QED) is 0.164. The van der Waals surface area contributed by atoms with Gasteiger partial charge in [-0.15, -0.1) is 0 Å². The summed E-state index contributed by atoms with van der Waals surface area (Å²) in [5, 5.41) is 23.5. The fourth-order valence-electron chi connectivity index (χ4n) is 5.76. The van der Waals surface area contributed by atoms with Crippen LogP contribution < -0.4 is 10.6 Å². The summed E-state index contributed by atoms with van der Waals surface area (Å²) in [5.41, 5.74) is 1.50. The van der Waals surface area contributed by atoms with E-state index in [-0.39, 0.29) is 30.0 Å². The third-order valence-electron chi connectivity index (χ3n) is 8.20. The zero-order chi connectivity index (χ0) is 32.8. The number of anilines is 1. The van der Waals surface area contributed by atoms with Gasteiger partial charge in [0.15, 0.2) is 5.13 Å². The maximum absolute atomic E-state index is 13.8. The van der Waals surface area contributed by atoms with Crippen LogP contribution in [-0.2, 0) is 22.2 Å². The van der Waals surface area contributed by atoms with Crippen LogP contribution in [0, 0.1) is 11.3 Å². The molecule has 0 radical (unpaired) electrons. The molecular weight excluding hydrogens is 617 g/mol. The van der Waals surface area contributed by atoms with Gasteiger partial charge in [0.05, 0.1) is 39.8 Å². The molecule has 1 heterocycles. The molecule has 12 heteroatoms. The van der Waals surface area contributed by atoms with Gasteiger partial charge in [-0.05, 0) is 66.1 Å². The number of hydrogen-bond donors (Lipinski definition) is 3. The lowest BCUT2D eigenvalue weighted by atomic mass is 9.83. The van der Waals surface area contributed by atoms with Gasteiger partial charge >= 0.3 is 12.1 Å². The van der Waals surface area contributed by atoms with E-state index >= 15 is 0 Å². The number of carbonyl (C=O) groups excluding carboxylic acids is 2. The van der Waals surface area contributed by atoms with Crippen LogP contribution in [0.25, 0.3) is 10.2 Å². The highest BCUT2D eigenvalue weighted by Crippen LogP contribution is 2.37. The van der Waals surface area contributed by atoms with Crippen LogP contribution in [-0.4, -0.2) is 34.4 Å². The summed E-state index contributed by atoms with van der Waals surface area (Å²) in [6, 6.07) is 18.2. The van der Waals surface area contributed by atoms with Crippen molar-refractivity contribution in [3.8, 4) is 6.07 Å². The van der Waals surface area contributed by atoms with Crippen molar-refractivity contribution in [3.05, 3.63) is 94.0 Å². The average Bonchev–Trinajstić information content (AvgIpc) is 3.44. The summed E-state index contributed by atoms with van der Waals surface area (Å²) in [6.07, 6.45) is 1.20. The maximum Gasteiger partial charge on any atom is 0.417 e. The van der Waals surface area contributed by atoms with Gasteiger partial charge in [0.25, 0.3) is 5.91 Å². The minimum Gasteiger partial charge on any atom is -0.481 e. The third kappa shape index (κ3) is 7.90. The normalized spacial score (nSPS) is 14.4. The van der Waals surface area contributed by atoms with Gasteiger partial charge in [-0.25, -0.2) is 4.98 Å². The van der Waals surface area contributed by atoms with E-state index in [9.17, 15) is 32.8 Å². The number of nitriles is 1. The second-order valence-electron chi connectivity index (χ2n) is 11.3. The van der Waals surface area contributed by atoms with Crippen LogP contribution in [0.1, 0.15) is 88.5 Å². The molecule has 1 aromatic heterocycles. The Kier molecular flexibility index (Phi) is 10.0. The van der Waals surface area contributed by atoms with Crippen LogP contribution in [0.3, 0.4) is 0 Å². The standard InChI is InChI=1S/C34H31F3N4O4S/c35-34(36,37)27-18-28-29(17-25(27)19-38)46-33(40-28)41-32(45)26(23-12-10-22(11-13-23)21-4-2-1-3-5-21)16-20-6-8-24(9-7-20)31(44)39-15-14-30(42)43/h6-13,17-18,21,26H,1-5,14-16H2,(H,39,44)(H,42,43)(H,40,41,45). The van der Waals surface area contributed by atoms with E-state index in [1.54, 1.807) is 30.3 Å². The molecule has 0 spiro atoms. The van der Waals surface area contributed by atoms with E-state index in [2.05, 4.69) is 27.8 Å². The van der Waals surface area contributed by atoms with Crippen molar-refractivity contribution in [2.75, 3.05) is 11.9 Å². The molecule has 2 amide bonds. The lowest BCUT2D eigenvalue weighted by Gasteiger charge is -2.23. The highest BCUT2D eigenvalue weighted by Gasteiger charge is 2.34. The average molecular weight is 649 g/mol. The highest BCUT2D eigenvalue weighted by molar-refractivity contribution is 7.22. The number of carboxylic acid groups (broad SMARTS) is 1. The summed E-state index contributed by atoms with van der Waals surface area (Å²) >= 11 is 0.985. The molecular formula is C34H31F3N4O4S. The predicted molar refractivity (Wildman–Crippen MR) is 168 cm³/mol. The van der Waals surface area contributed by atoms with Crippen LogP contribution in [0.4, 0.5) is 18.3 Å². The van der Waals surface area contributed by atoms with Gasteiger partial charge in [0, 0.05) is 12.1 Å². The summed E-state index contributed by atoms with van der Waals surface area (Å²) in [4.78, 5) is 41.1. The van der Waals surface area contributed by atoms with E-state index in [0.29, 0.717) is 16.2 Å². The van der Waals surface area contributed by atoms with Crippen molar-refractivity contribution in [2.24, 2.45) is 0 Å². The molecule has 3 aromatic carbocycles. The second kappa shape index (κ2) is 14.1. The van der Waals surface area contributed by atoms with Gasteiger partial charge in [0.2, 0.25) is 5.91 Å². The monoisotopic (exact) mass is 648 g/mol. The lowest BCUT2D eigenvalue weighted by molar-refractivity contribution is -0.138. The Hall–Kier alpha value is -4.76. The molecule has 5 rings (SSSR count). The number of aliphatic carboxylic acids is 1. The Morgan fingerprint density at radius 3 is 2.35 bits per heavy atom. The molecule has 238 valence electrons. The van der Waals surface area contributed by atoms with Crippen molar-refractivity contribution in [3.63, 3.8) is 0 Å². The number of carbonyl (C=O) groups is 3. The van der Waals surface area contributed by atoms with E-state index in [1.165, 1.54) is 24.8 Å². The fraction of sp³-hybridized carbons (Fsp3) is 0.324. The zero-order valence-electron chi connectivity index (χ0n) is 24.7. The maximum atomic E-state index is 13.8. The SMILES string of the molecule is N#Cc1cc2sc(NC(=O)C(Cc3ccc(C(=O)NCCC(=O)O)cc3)c3ccc(C4CCCCC4)cc3)nc2cc1C(F)(F)F. The number of halogens is 3. The molecule has 8 nitrogen and oxygen atoms in total. The molecule has 1 atom stereocenters. The third-order valence-corrected chi connectivity index (χ3v) is 9.13. The Labute approximate surface area is 267 Å². The van der Waals surface area contributed by atoms with Gasteiger partial charge in [-0.3, -0.25) is 14.4 Å². The number of nitrogens with one attached hydrogen (secondary N) is 2. The minimum atomic E-state index is -4.73. The molecule has 3 N–H and O–H groups in total. The molecule has 46 heavy (non-hydrogen) atoms. The minimum absolute atomic E-state index is 0.00384. The molecule has 0 aliphatic heterocycles. The Morgan fingerprint density at radius 2 is 1.72 bits per heavy atom. The van der Waals surface area contributed by atoms with Crippen LogP contribution in [0.2, 0.25) is 0 Å². The summed E-state index contributed by atoms with van der Waals surface area (Å²) in [6.45, 7) is -0.00384. The van der Waals surface area contributed by atoms with Crippen LogP contribution >= 0.6 is 11.3 Å². The van der Waals surface area contributed by atoms with Gasteiger partial charge in [0.1, 0.15) is 0 Å². The smallest absolute Gasteiger partial charge is 0.417 e. The van der Waals surface area contributed by atoms with E-state index < -0.39 is 41.0 Å². The fourth-order valence-corrected chi connectivity index (χ4v) is 6.65. The summed E-state index contributed by atoms with van der Waals surface area (Å²) < 4.78 is 40.8. The number of carboxylic acids is 1. The number of aromatic nitrogens is 1. The number of benzene rings is 3. The molecule has 1 aliphatic rings. The van der Waals surface area contributed by atoms with Crippen LogP contribution in [0.5, 0.6) is 0 Å². The van der Waals surface area contributed by atoms with Crippen molar-refractivity contribution in [1.29, 1.82) is 5.26 Å². The number of rotatable bonds is 10. The molecule has 1 unspecified atom stereocenters. The highest BCUT2D eigenvalue weighted by atomic mass is 32.1. The van der Waals surface area contributed by atoms with E-state index in [4.69, 9.17) is 5.11 Å². The van der Waals surface area contributed by atoms with Gasteiger partial charge in [-0.1, -0.05) is 67.0 Å². The Morgan fingerprint density at radius 1 is 1.02 bits per heavy atom. The second-order valence-corrected chi connectivity index (χ2v) is 12.4.